The number of hydrogen-bond donors (Lipinski definition) is 0. The van der Waals surface area contributed by atoms with E-state index in [0.29, 0.717) is 6.10 Å². The zero-order valence-corrected chi connectivity index (χ0v) is 9.79. The van der Waals surface area contributed by atoms with Crippen molar-refractivity contribution < 1.29 is 9.47 Å². The Balaban J connectivity index is 2.07. The fraction of sp³-hybridized carbons (Fsp3) is 1.00. The Bertz CT molecular complexity index is 147. The predicted molar refractivity (Wildman–Crippen MR) is 58.5 cm³/mol. The van der Waals surface area contributed by atoms with Crippen molar-refractivity contribution in [1.29, 1.82) is 0 Å². The Hall–Kier alpha value is -0.0800. The molecule has 0 unspecified atom stereocenters. The Morgan fingerprint density at radius 3 is 2.50 bits per heavy atom. The van der Waals surface area contributed by atoms with Crippen LogP contribution in [0.1, 0.15) is 52.9 Å². The van der Waals surface area contributed by atoms with E-state index in [-0.39, 0.29) is 12.2 Å². The molecule has 3 atom stereocenters. The molecule has 2 heteroatoms. The molecule has 1 heterocycles. The van der Waals surface area contributed by atoms with E-state index in [4.69, 9.17) is 9.47 Å². The van der Waals surface area contributed by atoms with Crippen LogP contribution in [0.3, 0.4) is 0 Å². The van der Waals surface area contributed by atoms with Crippen LogP contribution < -0.4 is 0 Å². The van der Waals surface area contributed by atoms with Gasteiger partial charge in [-0.3, -0.25) is 0 Å². The summed E-state index contributed by atoms with van der Waals surface area (Å²) < 4.78 is 11.5. The summed E-state index contributed by atoms with van der Waals surface area (Å²) in [5.41, 5.74) is 0. The highest BCUT2D eigenvalue weighted by Crippen LogP contribution is 2.18. The number of ether oxygens (including phenoxy) is 2. The van der Waals surface area contributed by atoms with Crippen LogP contribution in [0.25, 0.3) is 0 Å². The minimum absolute atomic E-state index is 0.264. The highest BCUT2D eigenvalue weighted by Gasteiger charge is 2.24. The first-order valence-corrected chi connectivity index (χ1v) is 6.01. The molecule has 84 valence electrons. The maximum absolute atomic E-state index is 5.85. The normalized spacial score (nSPS) is 33.2. The van der Waals surface area contributed by atoms with Crippen LogP contribution in [0.4, 0.5) is 0 Å². The van der Waals surface area contributed by atoms with Crippen LogP contribution in [0, 0.1) is 0 Å². The molecule has 0 aromatic heterocycles. The second-order valence-electron chi connectivity index (χ2n) is 4.35. The SMILES string of the molecule is CCCCCC[C@H]1CO[C@H](C)[C@@H](C)O1. The molecule has 0 spiro atoms. The monoisotopic (exact) mass is 200 g/mol. The van der Waals surface area contributed by atoms with Gasteiger partial charge in [-0.25, -0.2) is 0 Å². The summed E-state index contributed by atoms with van der Waals surface area (Å²) in [6.07, 6.45) is 7.30. The van der Waals surface area contributed by atoms with Gasteiger partial charge in [-0.2, -0.15) is 0 Å². The molecule has 0 aromatic rings. The van der Waals surface area contributed by atoms with Gasteiger partial charge >= 0.3 is 0 Å². The van der Waals surface area contributed by atoms with Crippen molar-refractivity contribution in [3.8, 4) is 0 Å². The van der Waals surface area contributed by atoms with E-state index < -0.39 is 0 Å². The van der Waals surface area contributed by atoms with Crippen LogP contribution in [-0.2, 0) is 9.47 Å². The number of hydrogen-bond acceptors (Lipinski definition) is 2. The molecule has 0 N–H and O–H groups in total. The van der Waals surface area contributed by atoms with E-state index in [1.165, 1.54) is 25.7 Å². The third-order valence-electron chi connectivity index (χ3n) is 2.99. The molecule has 0 bridgehead atoms. The van der Waals surface area contributed by atoms with Crippen LogP contribution in [0.15, 0.2) is 0 Å². The zero-order chi connectivity index (χ0) is 10.4. The average Bonchev–Trinajstić information content (AvgIpc) is 2.18. The molecule has 1 aliphatic rings. The van der Waals surface area contributed by atoms with E-state index in [9.17, 15) is 0 Å². The molecular weight excluding hydrogens is 176 g/mol. The standard InChI is InChI=1S/C12H24O2/c1-4-5-6-7-8-12-9-13-10(2)11(3)14-12/h10-12H,4-9H2,1-3H3/t10-,11-,12+/m1/s1. The van der Waals surface area contributed by atoms with Crippen molar-refractivity contribution in [3.05, 3.63) is 0 Å². The van der Waals surface area contributed by atoms with E-state index in [1.807, 2.05) is 0 Å². The van der Waals surface area contributed by atoms with Gasteiger partial charge in [0.2, 0.25) is 0 Å². The van der Waals surface area contributed by atoms with Gasteiger partial charge in [-0.15, -0.1) is 0 Å². The predicted octanol–water partition coefficient (Wildman–Crippen LogP) is 3.15. The maximum Gasteiger partial charge on any atom is 0.0813 e. The second-order valence-corrected chi connectivity index (χ2v) is 4.35. The Morgan fingerprint density at radius 2 is 1.86 bits per heavy atom. The Morgan fingerprint density at radius 1 is 1.07 bits per heavy atom. The maximum atomic E-state index is 5.85. The van der Waals surface area contributed by atoms with Gasteiger partial charge in [0.1, 0.15) is 0 Å². The Kier molecular flexibility index (Phi) is 5.49. The van der Waals surface area contributed by atoms with Gasteiger partial charge < -0.3 is 9.47 Å². The molecule has 0 amide bonds. The number of unbranched alkanes of at least 4 members (excludes halogenated alkanes) is 3. The van der Waals surface area contributed by atoms with E-state index >= 15 is 0 Å². The first kappa shape index (κ1) is 12.0. The molecule has 1 saturated heterocycles. The van der Waals surface area contributed by atoms with Crippen molar-refractivity contribution in [1.82, 2.24) is 0 Å². The summed E-state index contributed by atoms with van der Waals surface area (Å²) >= 11 is 0. The van der Waals surface area contributed by atoms with E-state index in [0.717, 1.165) is 13.0 Å². The molecule has 14 heavy (non-hydrogen) atoms. The van der Waals surface area contributed by atoms with Crippen molar-refractivity contribution in [2.75, 3.05) is 6.61 Å². The molecule has 0 saturated carbocycles. The molecule has 1 rings (SSSR count). The quantitative estimate of drug-likeness (QED) is 0.635. The van der Waals surface area contributed by atoms with Gasteiger partial charge in [-0.05, 0) is 20.3 Å². The van der Waals surface area contributed by atoms with Gasteiger partial charge in [-0.1, -0.05) is 32.6 Å². The van der Waals surface area contributed by atoms with Gasteiger partial charge in [0.15, 0.2) is 0 Å². The second kappa shape index (κ2) is 6.41. The van der Waals surface area contributed by atoms with Crippen LogP contribution >= 0.6 is 0 Å². The third kappa shape index (κ3) is 3.97. The smallest absolute Gasteiger partial charge is 0.0813 e. The van der Waals surface area contributed by atoms with Crippen molar-refractivity contribution in [2.24, 2.45) is 0 Å². The zero-order valence-electron chi connectivity index (χ0n) is 9.79. The summed E-state index contributed by atoms with van der Waals surface area (Å²) in [7, 11) is 0. The lowest BCUT2D eigenvalue weighted by atomic mass is 10.1. The topological polar surface area (TPSA) is 18.5 Å². The summed E-state index contributed by atoms with van der Waals surface area (Å²) in [5.74, 6) is 0. The molecule has 0 aromatic carbocycles. The van der Waals surface area contributed by atoms with Crippen LogP contribution in [-0.4, -0.2) is 24.9 Å². The average molecular weight is 200 g/mol. The van der Waals surface area contributed by atoms with Crippen molar-refractivity contribution >= 4 is 0 Å². The lowest BCUT2D eigenvalue weighted by Gasteiger charge is -2.33. The molecule has 2 nitrogen and oxygen atoms in total. The molecule has 0 radical (unpaired) electrons. The van der Waals surface area contributed by atoms with Crippen LogP contribution in [0.2, 0.25) is 0 Å². The Labute approximate surface area is 88.0 Å². The minimum atomic E-state index is 0.264. The third-order valence-corrected chi connectivity index (χ3v) is 2.99. The fourth-order valence-corrected chi connectivity index (χ4v) is 1.80. The first-order chi connectivity index (χ1) is 6.74. The molecular formula is C12H24O2. The summed E-state index contributed by atoms with van der Waals surface area (Å²) in [4.78, 5) is 0. The summed E-state index contributed by atoms with van der Waals surface area (Å²) in [5, 5.41) is 0. The highest BCUT2D eigenvalue weighted by molar-refractivity contribution is 4.71. The highest BCUT2D eigenvalue weighted by atomic mass is 16.6. The van der Waals surface area contributed by atoms with E-state index in [2.05, 4.69) is 20.8 Å². The van der Waals surface area contributed by atoms with Crippen LogP contribution in [0.5, 0.6) is 0 Å². The van der Waals surface area contributed by atoms with Crippen molar-refractivity contribution in [3.63, 3.8) is 0 Å². The molecule has 0 aliphatic carbocycles. The van der Waals surface area contributed by atoms with Crippen molar-refractivity contribution in [2.45, 2.75) is 71.2 Å². The summed E-state index contributed by atoms with van der Waals surface area (Å²) in [6, 6.07) is 0. The van der Waals surface area contributed by atoms with Gasteiger partial charge in [0.25, 0.3) is 0 Å². The lowest BCUT2D eigenvalue weighted by Crippen LogP contribution is -2.40. The number of rotatable bonds is 5. The molecule has 1 aliphatic heterocycles. The van der Waals surface area contributed by atoms with E-state index in [1.54, 1.807) is 0 Å². The van der Waals surface area contributed by atoms with Gasteiger partial charge in [0, 0.05) is 0 Å². The minimum Gasteiger partial charge on any atom is -0.373 e. The molecule has 1 fully saturated rings. The van der Waals surface area contributed by atoms with Gasteiger partial charge in [0.05, 0.1) is 24.9 Å². The first-order valence-electron chi connectivity index (χ1n) is 6.01. The fourth-order valence-electron chi connectivity index (χ4n) is 1.80. The lowest BCUT2D eigenvalue weighted by molar-refractivity contribution is -0.169. The summed E-state index contributed by atoms with van der Waals surface area (Å²) in [6.45, 7) is 7.21. The largest absolute Gasteiger partial charge is 0.373 e.